The molecule has 2 aromatic heterocycles. The molecule has 0 unspecified atom stereocenters. The number of aromatic nitrogens is 3. The SMILES string of the molecule is CCCc1nc2ccc(Br)cc2c(=O)n1N=Cc1cn(Cc2ccccc2F)c2ccccc12. The normalized spacial score (nSPS) is 11.7. The lowest BCUT2D eigenvalue weighted by Gasteiger charge is -2.08. The molecule has 5 aromatic rings. The van der Waals surface area contributed by atoms with Gasteiger partial charge in [-0.3, -0.25) is 4.79 Å². The number of hydrogen-bond acceptors (Lipinski definition) is 3. The summed E-state index contributed by atoms with van der Waals surface area (Å²) in [4.78, 5) is 18.0. The lowest BCUT2D eigenvalue weighted by molar-refractivity contribution is 0.602. The molecular formula is C27H22BrFN4O. The molecule has 0 N–H and O–H groups in total. The van der Waals surface area contributed by atoms with Gasteiger partial charge in [0.1, 0.15) is 11.6 Å². The van der Waals surface area contributed by atoms with Crippen molar-refractivity contribution in [2.24, 2.45) is 5.10 Å². The van der Waals surface area contributed by atoms with Crippen LogP contribution in [-0.2, 0) is 13.0 Å². The zero-order valence-electron chi connectivity index (χ0n) is 18.6. The van der Waals surface area contributed by atoms with Crippen molar-refractivity contribution in [3.63, 3.8) is 0 Å². The summed E-state index contributed by atoms with van der Waals surface area (Å²) in [7, 11) is 0. The first-order chi connectivity index (χ1) is 16.5. The summed E-state index contributed by atoms with van der Waals surface area (Å²) < 4.78 is 18.5. The average molecular weight is 517 g/mol. The van der Waals surface area contributed by atoms with E-state index >= 15 is 0 Å². The van der Waals surface area contributed by atoms with Crippen molar-refractivity contribution in [3.05, 3.63) is 111 Å². The first kappa shape index (κ1) is 22.2. The van der Waals surface area contributed by atoms with Crippen LogP contribution in [0.15, 0.2) is 87.3 Å². The number of benzene rings is 3. The Morgan fingerprint density at radius 1 is 1.06 bits per heavy atom. The summed E-state index contributed by atoms with van der Waals surface area (Å²) in [6, 6.07) is 20.2. The van der Waals surface area contributed by atoms with Crippen LogP contribution in [0.25, 0.3) is 21.8 Å². The third-order valence-corrected chi connectivity index (χ3v) is 6.27. The molecule has 2 heterocycles. The lowest BCUT2D eigenvalue weighted by Crippen LogP contribution is -2.22. The largest absolute Gasteiger partial charge is 0.342 e. The molecule has 7 heteroatoms. The summed E-state index contributed by atoms with van der Waals surface area (Å²) in [6.45, 7) is 2.44. The number of halogens is 2. The molecule has 0 amide bonds. The van der Waals surface area contributed by atoms with Crippen molar-refractivity contribution < 1.29 is 4.39 Å². The van der Waals surface area contributed by atoms with E-state index in [1.807, 2.05) is 60.2 Å². The maximum atomic E-state index is 14.3. The van der Waals surface area contributed by atoms with Crippen molar-refractivity contribution in [2.75, 3.05) is 0 Å². The van der Waals surface area contributed by atoms with Crippen LogP contribution < -0.4 is 5.56 Å². The molecule has 0 spiro atoms. The van der Waals surface area contributed by atoms with E-state index in [0.29, 0.717) is 35.3 Å². The van der Waals surface area contributed by atoms with E-state index in [1.165, 1.54) is 10.7 Å². The Labute approximate surface area is 204 Å². The van der Waals surface area contributed by atoms with E-state index in [0.717, 1.165) is 27.4 Å². The molecule has 3 aromatic carbocycles. The number of para-hydroxylation sites is 1. The zero-order chi connectivity index (χ0) is 23.7. The number of aryl methyl sites for hydroxylation is 1. The molecule has 34 heavy (non-hydrogen) atoms. The van der Waals surface area contributed by atoms with Gasteiger partial charge in [-0.05, 0) is 36.8 Å². The van der Waals surface area contributed by atoms with E-state index < -0.39 is 0 Å². The van der Waals surface area contributed by atoms with Gasteiger partial charge in [-0.1, -0.05) is 59.3 Å². The summed E-state index contributed by atoms with van der Waals surface area (Å²) in [6.07, 6.45) is 5.10. The van der Waals surface area contributed by atoms with Gasteiger partial charge in [0.2, 0.25) is 0 Å². The second-order valence-corrected chi connectivity index (χ2v) is 9.04. The Morgan fingerprint density at radius 3 is 2.68 bits per heavy atom. The molecule has 0 atom stereocenters. The summed E-state index contributed by atoms with van der Waals surface area (Å²) >= 11 is 3.43. The first-order valence-electron chi connectivity index (χ1n) is 11.1. The van der Waals surface area contributed by atoms with E-state index in [-0.39, 0.29) is 11.4 Å². The predicted octanol–water partition coefficient (Wildman–Crippen LogP) is 6.14. The van der Waals surface area contributed by atoms with Gasteiger partial charge in [-0.2, -0.15) is 9.78 Å². The minimum atomic E-state index is -0.236. The minimum Gasteiger partial charge on any atom is -0.342 e. The molecule has 0 radical (unpaired) electrons. The molecule has 0 aliphatic carbocycles. The van der Waals surface area contributed by atoms with Crippen LogP contribution in [0.4, 0.5) is 4.39 Å². The van der Waals surface area contributed by atoms with Crippen LogP contribution >= 0.6 is 15.9 Å². The van der Waals surface area contributed by atoms with Crippen LogP contribution in [0, 0.1) is 5.82 Å². The Bertz CT molecular complexity index is 1600. The molecule has 0 aliphatic rings. The van der Waals surface area contributed by atoms with Gasteiger partial charge in [0.05, 0.1) is 23.7 Å². The zero-order valence-corrected chi connectivity index (χ0v) is 20.2. The highest BCUT2D eigenvalue weighted by Crippen LogP contribution is 2.22. The molecule has 5 nitrogen and oxygen atoms in total. The number of hydrogen-bond donors (Lipinski definition) is 0. The molecule has 5 rings (SSSR count). The smallest absolute Gasteiger partial charge is 0.282 e. The topological polar surface area (TPSA) is 52.2 Å². The molecule has 0 saturated carbocycles. The Balaban J connectivity index is 1.61. The van der Waals surface area contributed by atoms with Crippen LogP contribution in [0.5, 0.6) is 0 Å². The molecule has 0 bridgehead atoms. The van der Waals surface area contributed by atoms with E-state index in [2.05, 4.69) is 21.0 Å². The van der Waals surface area contributed by atoms with E-state index in [4.69, 9.17) is 4.98 Å². The second-order valence-electron chi connectivity index (χ2n) is 8.12. The monoisotopic (exact) mass is 516 g/mol. The van der Waals surface area contributed by atoms with Gasteiger partial charge in [-0.15, -0.1) is 0 Å². The maximum Gasteiger partial charge on any atom is 0.282 e. The molecular weight excluding hydrogens is 495 g/mol. The minimum absolute atomic E-state index is 0.207. The van der Waals surface area contributed by atoms with E-state index in [9.17, 15) is 9.18 Å². The van der Waals surface area contributed by atoms with Gasteiger partial charge < -0.3 is 4.57 Å². The fourth-order valence-electron chi connectivity index (χ4n) is 4.14. The quantitative estimate of drug-likeness (QED) is 0.254. The van der Waals surface area contributed by atoms with Crippen LogP contribution in [0.1, 0.15) is 30.3 Å². The van der Waals surface area contributed by atoms with Crippen molar-refractivity contribution in [3.8, 4) is 0 Å². The third kappa shape index (κ3) is 4.19. The van der Waals surface area contributed by atoms with Crippen LogP contribution in [0.3, 0.4) is 0 Å². The second kappa shape index (κ2) is 9.35. The summed E-state index contributed by atoms with van der Waals surface area (Å²) in [5.74, 6) is 0.383. The highest BCUT2D eigenvalue weighted by molar-refractivity contribution is 9.10. The average Bonchev–Trinajstić information content (AvgIpc) is 3.18. The van der Waals surface area contributed by atoms with Crippen molar-refractivity contribution in [2.45, 2.75) is 26.3 Å². The third-order valence-electron chi connectivity index (χ3n) is 5.78. The summed E-state index contributed by atoms with van der Waals surface area (Å²) in [5, 5.41) is 6.06. The highest BCUT2D eigenvalue weighted by atomic mass is 79.9. The Hall–Kier alpha value is -3.58. The van der Waals surface area contributed by atoms with Gasteiger partial charge in [0.15, 0.2) is 0 Å². The molecule has 0 fully saturated rings. The summed E-state index contributed by atoms with van der Waals surface area (Å²) in [5.41, 5.74) is 2.87. The number of fused-ring (bicyclic) bond motifs is 2. The van der Waals surface area contributed by atoms with Crippen molar-refractivity contribution in [1.29, 1.82) is 0 Å². The van der Waals surface area contributed by atoms with Crippen molar-refractivity contribution >= 4 is 44.0 Å². The highest BCUT2D eigenvalue weighted by Gasteiger charge is 2.12. The predicted molar refractivity (Wildman–Crippen MR) is 138 cm³/mol. The van der Waals surface area contributed by atoms with Gasteiger partial charge in [-0.25, -0.2) is 9.37 Å². The fraction of sp³-hybridized carbons (Fsp3) is 0.148. The molecule has 0 saturated heterocycles. The number of nitrogens with zero attached hydrogens (tertiary/aromatic N) is 4. The van der Waals surface area contributed by atoms with Crippen LogP contribution in [-0.4, -0.2) is 20.4 Å². The standard InChI is InChI=1S/C27H22BrFN4O/c1-2-7-26-31-24-13-12-20(28)14-22(24)27(34)33(26)30-15-19-17-32(25-11-6-4-9-21(19)25)16-18-8-3-5-10-23(18)29/h3-6,8-15,17H,2,7,16H2,1H3. The number of rotatable bonds is 6. The fourth-order valence-corrected chi connectivity index (χ4v) is 4.50. The Kier molecular flexibility index (Phi) is 6.11. The van der Waals surface area contributed by atoms with Gasteiger partial charge >= 0.3 is 0 Å². The molecule has 0 aliphatic heterocycles. The first-order valence-corrected chi connectivity index (χ1v) is 11.9. The van der Waals surface area contributed by atoms with Gasteiger partial charge in [0, 0.05) is 39.1 Å². The van der Waals surface area contributed by atoms with Crippen molar-refractivity contribution in [1.82, 2.24) is 14.2 Å². The molecule has 170 valence electrons. The van der Waals surface area contributed by atoms with Crippen LogP contribution in [0.2, 0.25) is 0 Å². The Morgan fingerprint density at radius 2 is 1.85 bits per heavy atom. The lowest BCUT2D eigenvalue weighted by atomic mass is 10.2. The maximum absolute atomic E-state index is 14.3. The van der Waals surface area contributed by atoms with Gasteiger partial charge in [0.25, 0.3) is 5.56 Å². The van der Waals surface area contributed by atoms with E-state index in [1.54, 1.807) is 24.4 Å².